The van der Waals surface area contributed by atoms with Crippen LogP contribution in [0.2, 0.25) is 0 Å². The van der Waals surface area contributed by atoms with Crippen molar-refractivity contribution in [2.45, 2.75) is 5.25 Å². The lowest BCUT2D eigenvalue weighted by Crippen LogP contribution is -2.27. The Kier molecular flexibility index (Phi) is 1.58. The van der Waals surface area contributed by atoms with Crippen molar-refractivity contribution >= 4 is 16.9 Å². The second-order valence-electron chi connectivity index (χ2n) is 2.63. The van der Waals surface area contributed by atoms with Crippen LogP contribution >= 0.6 is 11.8 Å². The van der Waals surface area contributed by atoms with Crippen LogP contribution in [-0.4, -0.2) is 30.2 Å². The molecule has 1 saturated heterocycles. The Morgan fingerprint density at radius 3 is 3.40 bits per heavy atom. The molecule has 56 valence electrons. The number of hydrogen-bond donors (Lipinski definition) is 1. The number of thioether (sulfide) groups is 1. The van der Waals surface area contributed by atoms with Gasteiger partial charge in [0.1, 0.15) is 0 Å². The highest BCUT2D eigenvalue weighted by molar-refractivity contribution is 8.14. The van der Waals surface area contributed by atoms with E-state index in [-0.39, 0.29) is 0 Å². The summed E-state index contributed by atoms with van der Waals surface area (Å²) in [6, 6.07) is 0. The highest BCUT2D eigenvalue weighted by atomic mass is 32.2. The van der Waals surface area contributed by atoms with E-state index in [0.717, 1.165) is 24.9 Å². The number of nitrogens with two attached hydrogens (primary N) is 1. The van der Waals surface area contributed by atoms with Crippen molar-refractivity contribution in [3.63, 3.8) is 0 Å². The van der Waals surface area contributed by atoms with E-state index in [1.165, 1.54) is 0 Å². The van der Waals surface area contributed by atoms with Gasteiger partial charge in [0.25, 0.3) is 0 Å². The maximum absolute atomic E-state index is 5.55. The summed E-state index contributed by atoms with van der Waals surface area (Å²) in [7, 11) is 0. The molecule has 2 aliphatic rings. The van der Waals surface area contributed by atoms with E-state index in [1.54, 1.807) is 11.8 Å². The first kappa shape index (κ1) is 6.49. The van der Waals surface area contributed by atoms with Gasteiger partial charge in [0.15, 0.2) is 5.17 Å². The van der Waals surface area contributed by atoms with Crippen molar-refractivity contribution in [1.29, 1.82) is 0 Å². The molecule has 0 amide bonds. The minimum absolute atomic E-state index is 0.581. The molecule has 3 nitrogen and oxygen atoms in total. The first-order valence-electron chi connectivity index (χ1n) is 3.40. The van der Waals surface area contributed by atoms with E-state index in [9.17, 15) is 0 Å². The third-order valence-corrected chi connectivity index (χ3v) is 3.09. The van der Waals surface area contributed by atoms with Crippen molar-refractivity contribution < 1.29 is 4.74 Å². The molecule has 0 saturated carbocycles. The average Bonchev–Trinajstić information content (AvgIpc) is 2.33. The average molecular weight is 158 g/mol. The molecule has 2 atom stereocenters. The Morgan fingerprint density at radius 1 is 1.60 bits per heavy atom. The molecule has 2 heterocycles. The van der Waals surface area contributed by atoms with E-state index < -0.39 is 0 Å². The lowest BCUT2D eigenvalue weighted by atomic mass is 10.1. The summed E-state index contributed by atoms with van der Waals surface area (Å²) in [4.78, 5) is 4.15. The third-order valence-electron chi connectivity index (χ3n) is 1.89. The Hall–Kier alpha value is -0.220. The minimum Gasteiger partial charge on any atom is -0.380 e. The maximum atomic E-state index is 5.55. The fourth-order valence-electron chi connectivity index (χ4n) is 1.28. The summed E-state index contributed by atoms with van der Waals surface area (Å²) < 4.78 is 5.29. The Bertz CT molecular complexity index is 171. The lowest BCUT2D eigenvalue weighted by molar-refractivity contribution is 0.187. The number of nitrogens with zero attached hydrogens (tertiary/aromatic N) is 1. The van der Waals surface area contributed by atoms with Crippen LogP contribution in [0.15, 0.2) is 4.99 Å². The highest BCUT2D eigenvalue weighted by Gasteiger charge is 2.31. The van der Waals surface area contributed by atoms with Crippen LogP contribution in [0.25, 0.3) is 0 Å². The normalized spacial score (nSPS) is 39.0. The van der Waals surface area contributed by atoms with Gasteiger partial charge >= 0.3 is 0 Å². The summed E-state index contributed by atoms with van der Waals surface area (Å²) >= 11 is 1.66. The molecule has 0 aromatic carbocycles. The Balaban J connectivity index is 2.08. The molecule has 0 radical (unpaired) electrons. The summed E-state index contributed by atoms with van der Waals surface area (Å²) in [6.45, 7) is 2.59. The molecular weight excluding hydrogens is 148 g/mol. The van der Waals surface area contributed by atoms with E-state index >= 15 is 0 Å². The van der Waals surface area contributed by atoms with Gasteiger partial charge in [-0.3, -0.25) is 4.99 Å². The van der Waals surface area contributed by atoms with Gasteiger partial charge in [-0.05, 0) is 0 Å². The topological polar surface area (TPSA) is 47.6 Å². The summed E-state index contributed by atoms with van der Waals surface area (Å²) in [5.41, 5.74) is 5.55. The number of ether oxygens (including phenoxy) is 1. The van der Waals surface area contributed by atoms with Gasteiger partial charge in [0.05, 0.1) is 13.2 Å². The second-order valence-corrected chi connectivity index (χ2v) is 3.89. The van der Waals surface area contributed by atoms with Crippen molar-refractivity contribution in [2.24, 2.45) is 16.6 Å². The smallest absolute Gasteiger partial charge is 0.154 e. The number of fused-ring (bicyclic) bond motifs is 1. The first-order chi connectivity index (χ1) is 4.86. The van der Waals surface area contributed by atoms with Gasteiger partial charge in [0, 0.05) is 17.7 Å². The third kappa shape index (κ3) is 1.01. The van der Waals surface area contributed by atoms with Crippen molar-refractivity contribution in [3.05, 3.63) is 0 Å². The van der Waals surface area contributed by atoms with E-state index in [4.69, 9.17) is 10.5 Å². The fraction of sp³-hybridized carbons (Fsp3) is 0.833. The molecule has 4 heteroatoms. The summed E-state index contributed by atoms with van der Waals surface area (Å²) in [6.07, 6.45) is 0. The predicted octanol–water partition coefficient (Wildman–Crippen LogP) is 0.0629. The number of aliphatic imine (C=N–C) groups is 1. The van der Waals surface area contributed by atoms with Crippen LogP contribution < -0.4 is 5.73 Å². The maximum Gasteiger partial charge on any atom is 0.154 e. The van der Waals surface area contributed by atoms with Gasteiger partial charge in [-0.1, -0.05) is 11.8 Å². The van der Waals surface area contributed by atoms with E-state index in [2.05, 4.69) is 4.99 Å². The van der Waals surface area contributed by atoms with Crippen molar-refractivity contribution in [1.82, 2.24) is 0 Å². The van der Waals surface area contributed by atoms with Crippen LogP contribution in [0.5, 0.6) is 0 Å². The number of hydrogen-bond acceptors (Lipinski definition) is 4. The zero-order valence-corrected chi connectivity index (χ0v) is 6.43. The summed E-state index contributed by atoms with van der Waals surface area (Å²) in [5, 5.41) is 1.31. The van der Waals surface area contributed by atoms with Crippen molar-refractivity contribution in [3.8, 4) is 0 Å². The molecule has 0 aromatic heterocycles. The van der Waals surface area contributed by atoms with Crippen molar-refractivity contribution in [2.75, 3.05) is 19.8 Å². The molecule has 0 spiro atoms. The largest absolute Gasteiger partial charge is 0.380 e. The number of rotatable bonds is 0. The lowest BCUT2D eigenvalue weighted by Gasteiger charge is -2.19. The zero-order chi connectivity index (χ0) is 6.97. The molecule has 2 N–H and O–H groups in total. The quantitative estimate of drug-likeness (QED) is 0.542. The van der Waals surface area contributed by atoms with Gasteiger partial charge in [-0.2, -0.15) is 0 Å². The zero-order valence-electron chi connectivity index (χ0n) is 5.62. The molecule has 0 aliphatic carbocycles. The van der Waals surface area contributed by atoms with Gasteiger partial charge in [0.2, 0.25) is 0 Å². The Morgan fingerprint density at radius 2 is 2.50 bits per heavy atom. The standard InChI is InChI=1S/C6H10N2OS/c7-6-8-1-4-2-9-3-5(4)10-6/h4-5H,1-3H2,(H2,7,8). The van der Waals surface area contributed by atoms with E-state index in [1.807, 2.05) is 0 Å². The molecule has 0 aromatic rings. The van der Waals surface area contributed by atoms with Crippen LogP contribution in [0.3, 0.4) is 0 Å². The summed E-state index contributed by atoms with van der Waals surface area (Å²) in [5.74, 6) is 0.622. The Labute approximate surface area is 64.0 Å². The monoisotopic (exact) mass is 158 g/mol. The fourth-order valence-corrected chi connectivity index (χ4v) is 2.26. The second kappa shape index (κ2) is 2.43. The molecule has 2 aliphatic heterocycles. The van der Waals surface area contributed by atoms with Gasteiger partial charge in [-0.15, -0.1) is 0 Å². The van der Waals surface area contributed by atoms with Crippen LogP contribution in [0.4, 0.5) is 0 Å². The highest BCUT2D eigenvalue weighted by Crippen LogP contribution is 2.29. The molecule has 10 heavy (non-hydrogen) atoms. The van der Waals surface area contributed by atoms with Gasteiger partial charge < -0.3 is 10.5 Å². The van der Waals surface area contributed by atoms with Crippen LogP contribution in [0.1, 0.15) is 0 Å². The molecule has 2 unspecified atom stereocenters. The van der Waals surface area contributed by atoms with Gasteiger partial charge in [-0.25, -0.2) is 0 Å². The minimum atomic E-state index is 0.581. The van der Waals surface area contributed by atoms with Crippen LogP contribution in [-0.2, 0) is 4.74 Å². The van der Waals surface area contributed by atoms with E-state index in [0.29, 0.717) is 11.2 Å². The molecule has 1 fully saturated rings. The predicted molar refractivity (Wildman–Crippen MR) is 42.2 cm³/mol. The SMILES string of the molecule is NC1=NCC2COCC2S1. The molecule has 0 bridgehead atoms. The molecular formula is C6H10N2OS. The first-order valence-corrected chi connectivity index (χ1v) is 4.28. The number of amidine groups is 1. The van der Waals surface area contributed by atoms with Crippen LogP contribution in [0, 0.1) is 5.92 Å². The molecule has 2 rings (SSSR count).